The Morgan fingerprint density at radius 1 is 1.47 bits per heavy atom. The molecule has 1 aromatic rings. The number of rotatable bonds is 2. The second-order valence-electron chi connectivity index (χ2n) is 3.77. The summed E-state index contributed by atoms with van der Waals surface area (Å²) in [5.74, 6) is -0.246. The average molecular weight is 208 g/mol. The number of hydrogen-bond donors (Lipinski definition) is 1. The minimum Gasteiger partial charge on any atom is -0.396 e. The van der Waals surface area contributed by atoms with Gasteiger partial charge in [0.25, 0.3) is 0 Å². The molecule has 1 saturated heterocycles. The Balaban J connectivity index is 2.10. The first-order valence-electron chi connectivity index (χ1n) is 4.98. The number of amides is 1. The number of benzene rings is 1. The Kier molecular flexibility index (Phi) is 2.58. The van der Waals surface area contributed by atoms with Crippen molar-refractivity contribution in [3.05, 3.63) is 29.6 Å². The summed E-state index contributed by atoms with van der Waals surface area (Å²) in [6, 6.07) is 4.59. The van der Waals surface area contributed by atoms with E-state index in [1.165, 1.54) is 6.07 Å². The lowest BCUT2D eigenvalue weighted by atomic mass is 10.2. The standard InChI is InChI=1S/C11H13FN2O/c12-9-4-3-8(6-10(9)13)7-14-5-1-2-11(14)15/h3-4,6H,1-2,5,7,13H2. The molecule has 1 fully saturated rings. The van der Waals surface area contributed by atoms with Crippen LogP contribution in [0.15, 0.2) is 18.2 Å². The third-order valence-electron chi connectivity index (χ3n) is 2.61. The smallest absolute Gasteiger partial charge is 0.222 e. The Hall–Kier alpha value is -1.58. The number of carbonyl (C=O) groups is 1. The van der Waals surface area contributed by atoms with Gasteiger partial charge in [-0.15, -0.1) is 0 Å². The summed E-state index contributed by atoms with van der Waals surface area (Å²) in [5.41, 5.74) is 6.47. The second kappa shape index (κ2) is 3.88. The zero-order chi connectivity index (χ0) is 10.8. The predicted octanol–water partition coefficient (Wildman–Crippen LogP) is 1.53. The summed E-state index contributed by atoms with van der Waals surface area (Å²) < 4.78 is 12.9. The molecule has 1 aliphatic rings. The summed E-state index contributed by atoms with van der Waals surface area (Å²) in [5, 5.41) is 0. The molecule has 0 aliphatic carbocycles. The quantitative estimate of drug-likeness (QED) is 0.749. The predicted molar refractivity (Wildman–Crippen MR) is 55.5 cm³/mol. The van der Waals surface area contributed by atoms with Crippen molar-refractivity contribution in [3.63, 3.8) is 0 Å². The maximum absolute atomic E-state index is 12.9. The minimum absolute atomic E-state index is 0.138. The Morgan fingerprint density at radius 3 is 2.87 bits per heavy atom. The van der Waals surface area contributed by atoms with E-state index in [0.717, 1.165) is 18.5 Å². The van der Waals surface area contributed by atoms with Crippen LogP contribution >= 0.6 is 0 Å². The largest absolute Gasteiger partial charge is 0.396 e. The fourth-order valence-corrected chi connectivity index (χ4v) is 1.78. The number of nitrogen functional groups attached to an aromatic ring is 1. The van der Waals surface area contributed by atoms with E-state index in [9.17, 15) is 9.18 Å². The molecule has 0 spiro atoms. The van der Waals surface area contributed by atoms with Gasteiger partial charge < -0.3 is 10.6 Å². The third kappa shape index (κ3) is 2.09. The fraction of sp³-hybridized carbons (Fsp3) is 0.364. The van der Waals surface area contributed by atoms with E-state index in [1.54, 1.807) is 17.0 Å². The van der Waals surface area contributed by atoms with Gasteiger partial charge in [-0.1, -0.05) is 6.07 Å². The van der Waals surface area contributed by atoms with Crippen LogP contribution in [0.2, 0.25) is 0 Å². The summed E-state index contributed by atoms with van der Waals surface area (Å²) >= 11 is 0. The van der Waals surface area contributed by atoms with Gasteiger partial charge in [0.05, 0.1) is 5.69 Å². The van der Waals surface area contributed by atoms with Crippen LogP contribution in [-0.2, 0) is 11.3 Å². The maximum Gasteiger partial charge on any atom is 0.222 e. The number of carbonyl (C=O) groups excluding carboxylic acids is 1. The van der Waals surface area contributed by atoms with Crippen molar-refractivity contribution in [3.8, 4) is 0 Å². The lowest BCUT2D eigenvalue weighted by Gasteiger charge is -2.15. The number of likely N-dealkylation sites (tertiary alicyclic amines) is 1. The van der Waals surface area contributed by atoms with Gasteiger partial charge in [0.1, 0.15) is 5.82 Å². The van der Waals surface area contributed by atoms with Crippen LogP contribution < -0.4 is 5.73 Å². The zero-order valence-corrected chi connectivity index (χ0v) is 8.37. The lowest BCUT2D eigenvalue weighted by molar-refractivity contribution is -0.128. The van der Waals surface area contributed by atoms with E-state index in [-0.39, 0.29) is 11.6 Å². The first kappa shape index (κ1) is 9.96. The van der Waals surface area contributed by atoms with Crippen molar-refractivity contribution in [1.29, 1.82) is 0 Å². The molecule has 0 unspecified atom stereocenters. The van der Waals surface area contributed by atoms with Gasteiger partial charge in [-0.05, 0) is 24.1 Å². The molecular formula is C11H13FN2O. The number of anilines is 1. The Labute approximate surface area is 87.7 Å². The highest BCUT2D eigenvalue weighted by atomic mass is 19.1. The molecule has 0 saturated carbocycles. The van der Waals surface area contributed by atoms with Crippen molar-refractivity contribution in [2.24, 2.45) is 0 Å². The lowest BCUT2D eigenvalue weighted by Crippen LogP contribution is -2.23. The molecule has 4 heteroatoms. The highest BCUT2D eigenvalue weighted by Crippen LogP contribution is 2.17. The van der Waals surface area contributed by atoms with Gasteiger partial charge in [-0.25, -0.2) is 4.39 Å². The number of nitrogens with two attached hydrogens (primary N) is 1. The van der Waals surface area contributed by atoms with Crippen molar-refractivity contribution < 1.29 is 9.18 Å². The van der Waals surface area contributed by atoms with Gasteiger partial charge in [-0.3, -0.25) is 4.79 Å². The molecule has 3 nitrogen and oxygen atoms in total. The highest BCUT2D eigenvalue weighted by Gasteiger charge is 2.19. The number of halogens is 1. The zero-order valence-electron chi connectivity index (χ0n) is 8.37. The van der Waals surface area contributed by atoms with Crippen LogP contribution in [-0.4, -0.2) is 17.4 Å². The van der Waals surface area contributed by atoms with E-state index in [0.29, 0.717) is 13.0 Å². The molecule has 1 aliphatic heterocycles. The molecule has 0 aromatic heterocycles. The topological polar surface area (TPSA) is 46.3 Å². The van der Waals surface area contributed by atoms with Gasteiger partial charge >= 0.3 is 0 Å². The molecule has 2 N–H and O–H groups in total. The van der Waals surface area contributed by atoms with Crippen LogP contribution in [0.4, 0.5) is 10.1 Å². The van der Waals surface area contributed by atoms with Crippen LogP contribution in [0, 0.1) is 5.82 Å². The number of nitrogens with zero attached hydrogens (tertiary/aromatic N) is 1. The molecule has 0 bridgehead atoms. The van der Waals surface area contributed by atoms with E-state index < -0.39 is 5.82 Å². The molecule has 0 radical (unpaired) electrons. The average Bonchev–Trinajstić information content (AvgIpc) is 2.59. The molecule has 1 heterocycles. The van der Waals surface area contributed by atoms with Crippen molar-refractivity contribution in [1.82, 2.24) is 4.90 Å². The molecule has 0 atom stereocenters. The molecular weight excluding hydrogens is 195 g/mol. The first-order valence-corrected chi connectivity index (χ1v) is 4.98. The molecule has 2 rings (SSSR count). The SMILES string of the molecule is Nc1cc(CN2CCCC2=O)ccc1F. The summed E-state index contributed by atoms with van der Waals surface area (Å²) in [7, 11) is 0. The van der Waals surface area contributed by atoms with Gasteiger partial charge in [-0.2, -0.15) is 0 Å². The fourth-order valence-electron chi connectivity index (χ4n) is 1.78. The van der Waals surface area contributed by atoms with E-state index in [2.05, 4.69) is 0 Å². The second-order valence-corrected chi connectivity index (χ2v) is 3.77. The van der Waals surface area contributed by atoms with E-state index in [4.69, 9.17) is 5.73 Å². The van der Waals surface area contributed by atoms with Gasteiger partial charge in [0, 0.05) is 19.5 Å². The summed E-state index contributed by atoms with van der Waals surface area (Å²) in [4.78, 5) is 13.1. The minimum atomic E-state index is -0.411. The van der Waals surface area contributed by atoms with Crippen LogP contribution in [0.25, 0.3) is 0 Å². The van der Waals surface area contributed by atoms with Gasteiger partial charge in [0.15, 0.2) is 0 Å². The molecule has 1 amide bonds. The summed E-state index contributed by atoms with van der Waals surface area (Å²) in [6.07, 6.45) is 1.53. The van der Waals surface area contributed by atoms with Crippen LogP contribution in [0.5, 0.6) is 0 Å². The van der Waals surface area contributed by atoms with Crippen molar-refractivity contribution >= 4 is 11.6 Å². The van der Waals surface area contributed by atoms with Gasteiger partial charge in [0.2, 0.25) is 5.91 Å². The Morgan fingerprint density at radius 2 is 2.27 bits per heavy atom. The molecule has 15 heavy (non-hydrogen) atoms. The molecule has 1 aromatic carbocycles. The molecule has 80 valence electrons. The number of hydrogen-bond acceptors (Lipinski definition) is 2. The van der Waals surface area contributed by atoms with Crippen molar-refractivity contribution in [2.45, 2.75) is 19.4 Å². The third-order valence-corrected chi connectivity index (χ3v) is 2.61. The van der Waals surface area contributed by atoms with Crippen LogP contribution in [0.3, 0.4) is 0 Å². The highest BCUT2D eigenvalue weighted by molar-refractivity contribution is 5.78. The normalized spacial score (nSPS) is 16.1. The van der Waals surface area contributed by atoms with E-state index in [1.807, 2.05) is 0 Å². The summed E-state index contributed by atoms with van der Waals surface area (Å²) in [6.45, 7) is 1.32. The van der Waals surface area contributed by atoms with E-state index >= 15 is 0 Å². The first-order chi connectivity index (χ1) is 7.16. The monoisotopic (exact) mass is 208 g/mol. The maximum atomic E-state index is 12.9. The van der Waals surface area contributed by atoms with Crippen LogP contribution in [0.1, 0.15) is 18.4 Å². The Bertz CT molecular complexity index is 392. The van der Waals surface area contributed by atoms with Crippen molar-refractivity contribution in [2.75, 3.05) is 12.3 Å².